The first-order valence-electron chi connectivity index (χ1n) is 14.5. The Kier molecular flexibility index (Phi) is 7.72. The lowest BCUT2D eigenvalue weighted by atomic mass is 9.62. The maximum atomic E-state index is 13.8. The average Bonchev–Trinajstić information content (AvgIpc) is 3.41. The molecule has 4 aromatic rings. The second kappa shape index (κ2) is 11.1. The van der Waals surface area contributed by atoms with Crippen molar-refractivity contribution in [2.75, 3.05) is 6.54 Å². The number of hydrogen-bond donors (Lipinski definition) is 0. The largest absolute Gasteiger partial charge is 0.456 e. The molecule has 2 heterocycles. The van der Waals surface area contributed by atoms with E-state index >= 15 is 0 Å². The van der Waals surface area contributed by atoms with E-state index in [1.165, 1.54) is 40.7 Å². The van der Waals surface area contributed by atoms with E-state index in [9.17, 15) is 4.79 Å². The Morgan fingerprint density at radius 2 is 1.65 bits per heavy atom. The predicted molar refractivity (Wildman–Crippen MR) is 162 cm³/mol. The molecule has 0 N–H and O–H groups in total. The molecule has 0 fully saturated rings. The van der Waals surface area contributed by atoms with Crippen LogP contribution in [0.4, 0.5) is 0 Å². The first-order valence-corrected chi connectivity index (χ1v) is 14.5. The highest BCUT2D eigenvalue weighted by atomic mass is 16.4. The van der Waals surface area contributed by atoms with Gasteiger partial charge in [-0.2, -0.15) is 0 Å². The Balaban J connectivity index is 1.39. The summed E-state index contributed by atoms with van der Waals surface area (Å²) >= 11 is 0. The number of pyridine rings is 1. The molecule has 208 valence electrons. The van der Waals surface area contributed by atoms with Crippen LogP contribution in [0.5, 0.6) is 0 Å². The molecule has 5 rings (SSSR count). The minimum atomic E-state index is -0.0945. The van der Waals surface area contributed by atoms with E-state index in [-0.39, 0.29) is 22.7 Å². The molecule has 0 saturated heterocycles. The molecule has 1 aliphatic rings. The standard InChI is InChI=1S/C36H42N2O2/c1-25-19-31-32(36(5,6)17-16-35(31,3)4)21-29(25)20-30-14-15-33(40-30)34(39)38(24-27-11-10-18-37-22-27)23-26(2)28-12-8-7-9-13-28/h7-15,18-19,21-22,26H,16-17,20,23-24H2,1-6H3. The number of carbonyl (C=O) groups is 1. The zero-order chi connectivity index (χ0) is 28.5. The van der Waals surface area contributed by atoms with Gasteiger partial charge < -0.3 is 9.32 Å². The van der Waals surface area contributed by atoms with Crippen LogP contribution in [-0.2, 0) is 23.8 Å². The summed E-state index contributed by atoms with van der Waals surface area (Å²) in [6.07, 6.45) is 6.64. The van der Waals surface area contributed by atoms with Crippen molar-refractivity contribution < 1.29 is 9.21 Å². The van der Waals surface area contributed by atoms with E-state index in [1.54, 1.807) is 6.20 Å². The third-order valence-electron chi connectivity index (χ3n) is 8.79. The van der Waals surface area contributed by atoms with Gasteiger partial charge in [-0.15, -0.1) is 0 Å². The van der Waals surface area contributed by atoms with Crippen molar-refractivity contribution >= 4 is 5.91 Å². The van der Waals surface area contributed by atoms with E-state index in [4.69, 9.17) is 4.42 Å². The van der Waals surface area contributed by atoms with Crippen LogP contribution in [0.1, 0.15) is 103 Å². The van der Waals surface area contributed by atoms with Gasteiger partial charge in [0.05, 0.1) is 0 Å². The van der Waals surface area contributed by atoms with Gasteiger partial charge in [-0.05, 0) is 88.1 Å². The first-order chi connectivity index (χ1) is 19.0. The van der Waals surface area contributed by atoms with Gasteiger partial charge in [-0.3, -0.25) is 9.78 Å². The molecule has 1 aliphatic carbocycles. The van der Waals surface area contributed by atoms with E-state index in [2.05, 4.69) is 70.8 Å². The summed E-state index contributed by atoms with van der Waals surface area (Å²) in [5.74, 6) is 1.29. The molecule has 1 atom stereocenters. The van der Waals surface area contributed by atoms with Gasteiger partial charge in [0.2, 0.25) is 0 Å². The fourth-order valence-corrected chi connectivity index (χ4v) is 6.04. The SMILES string of the molecule is Cc1cc2c(cc1Cc1ccc(C(=O)N(Cc3cccnc3)CC(C)c3ccccc3)o1)C(C)(C)CCC2(C)C. The van der Waals surface area contributed by atoms with Crippen molar-refractivity contribution in [1.29, 1.82) is 0 Å². The average molecular weight is 535 g/mol. The Bertz CT molecular complexity index is 1470. The maximum absolute atomic E-state index is 13.8. The number of carbonyl (C=O) groups excluding carboxylic acids is 1. The molecule has 0 saturated carbocycles. The van der Waals surface area contributed by atoms with Crippen LogP contribution in [0.15, 0.2) is 83.5 Å². The topological polar surface area (TPSA) is 46.3 Å². The van der Waals surface area contributed by atoms with Gasteiger partial charge in [0, 0.05) is 31.9 Å². The van der Waals surface area contributed by atoms with Crippen molar-refractivity contribution in [3.05, 3.63) is 124 Å². The molecular formula is C36H42N2O2. The number of benzene rings is 2. The Labute approximate surface area is 239 Å². The summed E-state index contributed by atoms with van der Waals surface area (Å²) in [4.78, 5) is 19.9. The second-order valence-electron chi connectivity index (χ2n) is 12.9. The fourth-order valence-electron chi connectivity index (χ4n) is 6.04. The van der Waals surface area contributed by atoms with Crippen LogP contribution in [0.2, 0.25) is 0 Å². The third kappa shape index (κ3) is 5.91. The zero-order valence-corrected chi connectivity index (χ0v) is 24.8. The number of rotatable bonds is 8. The number of aromatic nitrogens is 1. The lowest BCUT2D eigenvalue weighted by Crippen LogP contribution is -2.34. The van der Waals surface area contributed by atoms with E-state index in [0.29, 0.717) is 25.3 Å². The van der Waals surface area contributed by atoms with Gasteiger partial charge in [0.1, 0.15) is 5.76 Å². The molecule has 0 radical (unpaired) electrons. The van der Waals surface area contributed by atoms with Crippen molar-refractivity contribution in [2.24, 2.45) is 0 Å². The summed E-state index contributed by atoms with van der Waals surface area (Å²) < 4.78 is 6.24. The number of fused-ring (bicyclic) bond motifs is 1. The van der Waals surface area contributed by atoms with Crippen LogP contribution >= 0.6 is 0 Å². The summed E-state index contributed by atoms with van der Waals surface area (Å²) in [6.45, 7) is 14.9. The Morgan fingerprint density at radius 1 is 0.950 bits per heavy atom. The zero-order valence-electron chi connectivity index (χ0n) is 24.8. The number of hydrogen-bond acceptors (Lipinski definition) is 3. The fraction of sp³-hybridized carbons (Fsp3) is 0.389. The molecule has 0 bridgehead atoms. The number of aryl methyl sites for hydroxylation is 1. The van der Waals surface area contributed by atoms with E-state index in [1.807, 2.05) is 53.6 Å². The van der Waals surface area contributed by atoms with Crippen molar-refractivity contribution in [2.45, 2.75) is 84.1 Å². The highest BCUT2D eigenvalue weighted by Gasteiger charge is 2.37. The lowest BCUT2D eigenvalue weighted by molar-refractivity contribution is 0.0700. The first kappa shape index (κ1) is 27.9. The number of nitrogens with zero attached hydrogens (tertiary/aromatic N) is 2. The van der Waals surface area contributed by atoms with Crippen molar-refractivity contribution in [3.8, 4) is 0 Å². The third-order valence-corrected chi connectivity index (χ3v) is 8.79. The molecule has 0 aliphatic heterocycles. The molecule has 4 heteroatoms. The summed E-state index contributed by atoms with van der Waals surface area (Å²) in [5.41, 5.74) is 8.02. The van der Waals surface area contributed by atoms with Gasteiger partial charge >= 0.3 is 0 Å². The molecule has 1 unspecified atom stereocenters. The highest BCUT2D eigenvalue weighted by Crippen LogP contribution is 2.46. The van der Waals surface area contributed by atoms with E-state index in [0.717, 1.165) is 11.3 Å². The molecule has 0 spiro atoms. The molecule has 2 aromatic carbocycles. The molecular weight excluding hydrogens is 492 g/mol. The molecule has 2 aromatic heterocycles. The van der Waals surface area contributed by atoms with Crippen LogP contribution < -0.4 is 0 Å². The Morgan fingerprint density at radius 3 is 2.33 bits per heavy atom. The summed E-state index contributed by atoms with van der Waals surface area (Å²) in [5, 5.41) is 0. The van der Waals surface area contributed by atoms with E-state index < -0.39 is 0 Å². The minimum absolute atomic E-state index is 0.0945. The normalized spacial score (nSPS) is 16.2. The second-order valence-corrected chi connectivity index (χ2v) is 12.9. The van der Waals surface area contributed by atoms with Crippen molar-refractivity contribution in [1.82, 2.24) is 9.88 Å². The van der Waals surface area contributed by atoms with Gasteiger partial charge in [0.15, 0.2) is 5.76 Å². The quantitative estimate of drug-likeness (QED) is 0.228. The highest BCUT2D eigenvalue weighted by molar-refractivity contribution is 5.91. The Hall–Kier alpha value is -3.66. The summed E-state index contributed by atoms with van der Waals surface area (Å²) in [6, 6.07) is 22.8. The molecule has 40 heavy (non-hydrogen) atoms. The number of amides is 1. The van der Waals surface area contributed by atoms with Crippen LogP contribution in [-0.4, -0.2) is 22.3 Å². The maximum Gasteiger partial charge on any atom is 0.289 e. The summed E-state index contributed by atoms with van der Waals surface area (Å²) in [7, 11) is 0. The van der Waals surface area contributed by atoms with Gasteiger partial charge in [-0.25, -0.2) is 0 Å². The molecule has 4 nitrogen and oxygen atoms in total. The van der Waals surface area contributed by atoms with Gasteiger partial charge in [0.25, 0.3) is 5.91 Å². The van der Waals surface area contributed by atoms with Crippen LogP contribution in [0.3, 0.4) is 0 Å². The minimum Gasteiger partial charge on any atom is -0.456 e. The van der Waals surface area contributed by atoms with Gasteiger partial charge in [-0.1, -0.05) is 83.1 Å². The monoisotopic (exact) mass is 534 g/mol. The predicted octanol–water partition coefficient (Wildman–Crippen LogP) is 8.37. The smallest absolute Gasteiger partial charge is 0.289 e. The van der Waals surface area contributed by atoms with Crippen LogP contribution in [0.25, 0.3) is 0 Å². The van der Waals surface area contributed by atoms with Crippen LogP contribution in [0, 0.1) is 6.92 Å². The molecule has 1 amide bonds. The van der Waals surface area contributed by atoms with Crippen molar-refractivity contribution in [3.63, 3.8) is 0 Å². The number of furan rings is 1. The lowest BCUT2D eigenvalue weighted by Gasteiger charge is -2.42.